The van der Waals surface area contributed by atoms with Crippen molar-refractivity contribution < 1.29 is 42.2 Å². The van der Waals surface area contributed by atoms with Gasteiger partial charge in [-0.3, -0.25) is 19.2 Å². The van der Waals surface area contributed by atoms with Crippen molar-refractivity contribution >= 4 is 35.1 Å². The third-order valence-corrected chi connectivity index (χ3v) is 7.87. The summed E-state index contributed by atoms with van der Waals surface area (Å²) >= 11 is 6.02. The molecule has 43 heavy (non-hydrogen) atoms. The molecule has 3 amide bonds. The van der Waals surface area contributed by atoms with Crippen molar-refractivity contribution in [3.8, 4) is 5.75 Å². The summed E-state index contributed by atoms with van der Waals surface area (Å²) in [5.41, 5.74) is -0.105. The van der Waals surface area contributed by atoms with Crippen molar-refractivity contribution in [2.75, 3.05) is 13.7 Å². The number of amides is 3. The summed E-state index contributed by atoms with van der Waals surface area (Å²) in [4.78, 5) is 52.4. The lowest BCUT2D eigenvalue weighted by molar-refractivity contribution is -0.175. The highest BCUT2D eigenvalue weighted by Gasteiger charge is 2.46. The zero-order valence-corrected chi connectivity index (χ0v) is 24.7. The summed E-state index contributed by atoms with van der Waals surface area (Å²) in [7, 11) is 1.41. The van der Waals surface area contributed by atoms with Crippen LogP contribution < -0.4 is 20.7 Å². The number of hydrogen-bond donors (Lipinski definition) is 4. The van der Waals surface area contributed by atoms with Gasteiger partial charge in [0.05, 0.1) is 25.2 Å². The van der Waals surface area contributed by atoms with Crippen molar-refractivity contribution in [1.29, 1.82) is 0 Å². The number of carbonyl (C=O) groups is 4. The first-order valence-corrected chi connectivity index (χ1v) is 14.1. The van der Waals surface area contributed by atoms with Gasteiger partial charge in [-0.25, -0.2) is 0 Å². The second-order valence-electron chi connectivity index (χ2n) is 10.8. The van der Waals surface area contributed by atoms with Gasteiger partial charge in [-0.1, -0.05) is 62.6 Å². The number of halogens is 4. The molecule has 2 aromatic rings. The minimum atomic E-state index is -5.20. The molecule has 0 aliphatic heterocycles. The molecule has 1 saturated carbocycles. The van der Waals surface area contributed by atoms with E-state index in [-0.39, 0.29) is 5.56 Å². The Morgan fingerprint density at radius 2 is 1.51 bits per heavy atom. The largest absolute Gasteiger partial charge is 0.497 e. The lowest BCUT2D eigenvalue weighted by atomic mass is 9.78. The highest BCUT2D eigenvalue weighted by atomic mass is 35.5. The van der Waals surface area contributed by atoms with Crippen LogP contribution in [0.25, 0.3) is 0 Å². The summed E-state index contributed by atoms with van der Waals surface area (Å²) in [6.45, 7) is 1.85. The maximum atomic E-state index is 13.6. The first-order valence-electron chi connectivity index (χ1n) is 13.8. The molecule has 9 nitrogen and oxygen atoms in total. The lowest BCUT2D eigenvalue weighted by Gasteiger charge is -2.31. The van der Waals surface area contributed by atoms with Gasteiger partial charge in [-0.2, -0.15) is 13.2 Å². The number of alkyl halides is 3. The van der Waals surface area contributed by atoms with Crippen molar-refractivity contribution in [3.63, 3.8) is 0 Å². The molecule has 0 unspecified atom stereocenters. The Labute approximate surface area is 252 Å². The zero-order chi connectivity index (χ0) is 31.9. The Kier molecular flexibility index (Phi) is 11.2. The van der Waals surface area contributed by atoms with Crippen LogP contribution in [0, 0.1) is 5.92 Å². The summed E-state index contributed by atoms with van der Waals surface area (Å²) in [5.74, 6) is -5.20. The predicted octanol–water partition coefficient (Wildman–Crippen LogP) is 3.77. The summed E-state index contributed by atoms with van der Waals surface area (Å²) < 4.78 is 44.8. The Morgan fingerprint density at radius 3 is 2.00 bits per heavy atom. The van der Waals surface area contributed by atoms with Gasteiger partial charge in [0.25, 0.3) is 5.78 Å². The first kappa shape index (κ1) is 33.9. The Hall–Kier alpha value is -3.64. The fourth-order valence-corrected chi connectivity index (χ4v) is 5.30. The predicted molar refractivity (Wildman–Crippen MR) is 152 cm³/mol. The lowest BCUT2D eigenvalue weighted by Crippen LogP contribution is -2.57. The van der Waals surface area contributed by atoms with E-state index in [1.807, 2.05) is 0 Å². The number of ether oxygens (including phenoxy) is 1. The molecule has 4 N–H and O–H groups in total. The summed E-state index contributed by atoms with van der Waals surface area (Å²) in [6.07, 6.45) is -2.67. The average Bonchev–Trinajstić information content (AvgIpc) is 3.48. The number of Topliss-reactive ketones (excluding diaryl/α,β-unsaturated/α-hetero) is 1. The van der Waals surface area contributed by atoms with Crippen molar-refractivity contribution in [2.24, 2.45) is 5.92 Å². The van der Waals surface area contributed by atoms with Crippen LogP contribution in [0.5, 0.6) is 5.75 Å². The van der Waals surface area contributed by atoms with E-state index in [1.54, 1.807) is 24.3 Å². The van der Waals surface area contributed by atoms with Crippen molar-refractivity contribution in [1.82, 2.24) is 16.0 Å². The number of ketones is 1. The number of hydrogen-bond acceptors (Lipinski definition) is 6. The second kappa shape index (κ2) is 14.2. The summed E-state index contributed by atoms with van der Waals surface area (Å²) in [6, 6.07) is 7.58. The van der Waals surface area contributed by atoms with Gasteiger partial charge in [0, 0.05) is 5.02 Å². The second-order valence-corrected chi connectivity index (χ2v) is 11.2. The highest BCUT2D eigenvalue weighted by molar-refractivity contribution is 6.30. The van der Waals surface area contributed by atoms with Gasteiger partial charge in [0.15, 0.2) is 0 Å². The van der Waals surface area contributed by atoms with Crippen LogP contribution in [-0.4, -0.2) is 60.6 Å². The van der Waals surface area contributed by atoms with Crippen molar-refractivity contribution in [3.05, 3.63) is 64.7 Å². The third kappa shape index (κ3) is 8.05. The topological polar surface area (TPSA) is 134 Å². The van der Waals surface area contributed by atoms with E-state index in [4.69, 9.17) is 16.3 Å². The molecule has 0 spiro atoms. The average molecular weight is 626 g/mol. The monoisotopic (exact) mass is 625 g/mol. The molecule has 0 saturated heterocycles. The van der Waals surface area contributed by atoms with Crippen LogP contribution in [0.3, 0.4) is 0 Å². The standard InChI is InChI=1S/C30H35ClF3N3O6/c1-17(2)23(25(39)30(32,33)34)36-27(41)24(18-6-12-21(43-3)13-7-18)37-26(40)22(16-38)35-28(42)29(14-4-5-15-29)19-8-10-20(31)11-9-19/h6-13,17,22-24,38H,4-5,14-16H2,1-3H3,(H,35,42)(H,36,41)(H,37,40)/t22-,23-,24-/m0/s1. The molecule has 0 heterocycles. The minimum Gasteiger partial charge on any atom is -0.497 e. The Morgan fingerprint density at radius 1 is 0.930 bits per heavy atom. The fraction of sp³-hybridized carbons (Fsp3) is 0.467. The first-order chi connectivity index (χ1) is 20.2. The van der Waals surface area contributed by atoms with Gasteiger partial charge >= 0.3 is 6.18 Å². The van der Waals surface area contributed by atoms with E-state index in [0.29, 0.717) is 29.2 Å². The van der Waals surface area contributed by atoms with Gasteiger partial charge in [0.1, 0.15) is 17.8 Å². The molecule has 3 atom stereocenters. The molecular weight excluding hydrogens is 591 g/mol. The molecule has 1 aliphatic carbocycles. The maximum Gasteiger partial charge on any atom is 0.452 e. The van der Waals surface area contributed by atoms with Gasteiger partial charge in [-0.05, 0) is 54.2 Å². The van der Waals surface area contributed by atoms with Crippen LogP contribution >= 0.6 is 11.6 Å². The number of carbonyl (C=O) groups excluding carboxylic acids is 4. The number of rotatable bonds is 12. The fourth-order valence-electron chi connectivity index (χ4n) is 5.17. The van der Waals surface area contributed by atoms with Gasteiger partial charge < -0.3 is 25.8 Å². The van der Waals surface area contributed by atoms with E-state index >= 15 is 0 Å². The number of methoxy groups -OCH3 is 1. The highest BCUT2D eigenvalue weighted by Crippen LogP contribution is 2.41. The van der Waals surface area contributed by atoms with E-state index in [1.165, 1.54) is 45.2 Å². The van der Waals surface area contributed by atoms with Gasteiger partial charge in [-0.15, -0.1) is 0 Å². The molecule has 0 radical (unpaired) electrons. The van der Waals surface area contributed by atoms with Crippen LogP contribution in [0.1, 0.15) is 56.7 Å². The molecule has 234 valence electrons. The van der Waals surface area contributed by atoms with Crippen LogP contribution in [0.15, 0.2) is 48.5 Å². The van der Waals surface area contributed by atoms with Crippen LogP contribution in [0.2, 0.25) is 5.02 Å². The minimum absolute atomic E-state index is 0.157. The molecule has 1 fully saturated rings. The number of benzene rings is 2. The molecule has 0 bridgehead atoms. The van der Waals surface area contributed by atoms with Gasteiger partial charge in [0.2, 0.25) is 17.7 Å². The van der Waals surface area contributed by atoms with Crippen LogP contribution in [0.4, 0.5) is 13.2 Å². The quantitative estimate of drug-likeness (QED) is 0.284. The van der Waals surface area contributed by atoms with Crippen LogP contribution in [-0.2, 0) is 24.6 Å². The molecule has 0 aromatic heterocycles. The SMILES string of the molecule is COc1ccc([C@H](NC(=O)[C@H](CO)NC(=O)C2(c3ccc(Cl)cc3)CCCC2)C(=O)N[C@H](C(=O)C(F)(F)F)C(C)C)cc1. The van der Waals surface area contributed by atoms with E-state index in [9.17, 15) is 37.5 Å². The molecule has 2 aromatic carbocycles. The smallest absolute Gasteiger partial charge is 0.452 e. The molecule has 3 rings (SSSR count). The van der Waals surface area contributed by atoms with E-state index < -0.39 is 65.7 Å². The summed E-state index contributed by atoms with van der Waals surface area (Å²) in [5, 5.41) is 17.7. The molecule has 1 aliphatic rings. The third-order valence-electron chi connectivity index (χ3n) is 7.62. The Bertz CT molecular complexity index is 1300. The normalized spacial score (nSPS) is 16.6. The van der Waals surface area contributed by atoms with E-state index in [0.717, 1.165) is 12.8 Å². The maximum absolute atomic E-state index is 13.6. The number of nitrogens with one attached hydrogen (secondary N) is 3. The molecule has 13 heteroatoms. The number of aliphatic hydroxyl groups excluding tert-OH is 1. The van der Waals surface area contributed by atoms with E-state index in [2.05, 4.69) is 16.0 Å². The number of aliphatic hydroxyl groups is 1. The zero-order valence-electron chi connectivity index (χ0n) is 24.0. The molecular formula is C30H35ClF3N3O6. The van der Waals surface area contributed by atoms with Crippen molar-refractivity contribution in [2.45, 2.75) is 69.2 Å². The Balaban J connectivity index is 1.87.